The molecule has 0 heterocycles. The molecule has 1 aromatic rings. The Labute approximate surface area is 95.1 Å². The van der Waals surface area contributed by atoms with Crippen molar-refractivity contribution in [3.05, 3.63) is 35.4 Å². The lowest BCUT2D eigenvalue weighted by Crippen LogP contribution is -2.17. The molecular formula is C11H9F3O3. The van der Waals surface area contributed by atoms with Gasteiger partial charge in [0.2, 0.25) is 0 Å². The molecule has 0 saturated heterocycles. The standard InChI is InChI=1S/C11H9F3O3/c1-7-4-8(2-3-10(15)16)6-9(5-7)17-11(12,13)14/h2-6H,1H3,(H,15,16). The number of halogens is 3. The first kappa shape index (κ1) is 13.1. The molecule has 0 aromatic heterocycles. The summed E-state index contributed by atoms with van der Waals surface area (Å²) in [6, 6.07) is 3.87. The Kier molecular flexibility index (Phi) is 3.77. The second-order valence-electron chi connectivity index (χ2n) is 3.30. The van der Waals surface area contributed by atoms with Crippen LogP contribution in [0.5, 0.6) is 5.75 Å². The molecule has 0 aliphatic carbocycles. The zero-order valence-electron chi connectivity index (χ0n) is 8.78. The molecule has 0 aliphatic rings. The molecule has 1 aromatic carbocycles. The van der Waals surface area contributed by atoms with E-state index in [1.165, 1.54) is 12.1 Å². The summed E-state index contributed by atoms with van der Waals surface area (Å²) in [5.74, 6) is -1.55. The third kappa shape index (κ3) is 5.05. The van der Waals surface area contributed by atoms with Gasteiger partial charge in [0.05, 0.1) is 0 Å². The summed E-state index contributed by atoms with van der Waals surface area (Å²) in [6.07, 6.45) is -2.73. The lowest BCUT2D eigenvalue weighted by Gasteiger charge is -2.10. The number of carbonyl (C=O) groups is 1. The van der Waals surface area contributed by atoms with Crippen LogP contribution in [0.1, 0.15) is 11.1 Å². The van der Waals surface area contributed by atoms with Gasteiger partial charge in [-0.25, -0.2) is 4.79 Å². The van der Waals surface area contributed by atoms with Crippen molar-refractivity contribution in [1.82, 2.24) is 0 Å². The van der Waals surface area contributed by atoms with E-state index in [4.69, 9.17) is 5.11 Å². The van der Waals surface area contributed by atoms with Gasteiger partial charge in [-0.15, -0.1) is 13.2 Å². The van der Waals surface area contributed by atoms with Crippen molar-refractivity contribution < 1.29 is 27.8 Å². The Hall–Kier alpha value is -1.98. The highest BCUT2D eigenvalue weighted by atomic mass is 19.4. The monoisotopic (exact) mass is 246 g/mol. The van der Waals surface area contributed by atoms with E-state index in [1.54, 1.807) is 13.0 Å². The van der Waals surface area contributed by atoms with Crippen LogP contribution in [-0.2, 0) is 4.79 Å². The van der Waals surface area contributed by atoms with Crippen LogP contribution in [0.25, 0.3) is 6.08 Å². The van der Waals surface area contributed by atoms with Gasteiger partial charge in [-0.2, -0.15) is 0 Å². The number of benzene rings is 1. The van der Waals surface area contributed by atoms with Gasteiger partial charge in [-0.3, -0.25) is 0 Å². The Bertz CT molecular complexity index is 450. The Morgan fingerprint density at radius 3 is 2.53 bits per heavy atom. The molecule has 1 rings (SSSR count). The first-order valence-electron chi connectivity index (χ1n) is 4.55. The summed E-state index contributed by atoms with van der Waals surface area (Å²) in [5.41, 5.74) is 0.864. The molecule has 0 spiro atoms. The van der Waals surface area contributed by atoms with Crippen LogP contribution in [-0.4, -0.2) is 17.4 Å². The normalized spacial score (nSPS) is 11.8. The zero-order valence-corrected chi connectivity index (χ0v) is 8.78. The second-order valence-corrected chi connectivity index (χ2v) is 3.30. The van der Waals surface area contributed by atoms with Crippen molar-refractivity contribution in [2.75, 3.05) is 0 Å². The first-order valence-corrected chi connectivity index (χ1v) is 4.55. The van der Waals surface area contributed by atoms with Gasteiger partial charge in [0.1, 0.15) is 5.75 Å². The van der Waals surface area contributed by atoms with Gasteiger partial charge in [-0.05, 0) is 36.3 Å². The molecule has 0 radical (unpaired) electrons. The number of hydrogen-bond acceptors (Lipinski definition) is 2. The van der Waals surface area contributed by atoms with Crippen molar-refractivity contribution in [3.63, 3.8) is 0 Å². The maximum absolute atomic E-state index is 12.0. The van der Waals surface area contributed by atoms with Gasteiger partial charge < -0.3 is 9.84 Å². The molecule has 3 nitrogen and oxygen atoms in total. The van der Waals surface area contributed by atoms with Crippen LogP contribution in [0.4, 0.5) is 13.2 Å². The van der Waals surface area contributed by atoms with Crippen molar-refractivity contribution in [3.8, 4) is 5.75 Å². The van der Waals surface area contributed by atoms with Gasteiger partial charge >= 0.3 is 12.3 Å². The molecule has 0 amide bonds. The van der Waals surface area contributed by atoms with Crippen molar-refractivity contribution in [2.45, 2.75) is 13.3 Å². The summed E-state index contributed by atoms with van der Waals surface area (Å²) in [7, 11) is 0. The highest BCUT2D eigenvalue weighted by Crippen LogP contribution is 2.25. The minimum atomic E-state index is -4.76. The Morgan fingerprint density at radius 2 is 2.00 bits per heavy atom. The average Bonchev–Trinajstić information content (AvgIpc) is 2.10. The maximum Gasteiger partial charge on any atom is 0.573 e. The van der Waals surface area contributed by atoms with E-state index >= 15 is 0 Å². The predicted octanol–water partition coefficient (Wildman–Crippen LogP) is 2.99. The highest BCUT2D eigenvalue weighted by Gasteiger charge is 2.31. The minimum absolute atomic E-state index is 0.326. The van der Waals surface area contributed by atoms with Crippen LogP contribution in [0.3, 0.4) is 0 Å². The van der Waals surface area contributed by atoms with E-state index in [0.29, 0.717) is 11.1 Å². The van der Waals surface area contributed by atoms with Gasteiger partial charge in [0, 0.05) is 6.08 Å². The fraction of sp³-hybridized carbons (Fsp3) is 0.182. The molecule has 0 saturated carbocycles. The number of rotatable bonds is 3. The first-order chi connectivity index (χ1) is 7.76. The summed E-state index contributed by atoms with van der Waals surface area (Å²) in [5, 5.41) is 8.40. The van der Waals surface area contributed by atoms with Crippen molar-refractivity contribution in [2.24, 2.45) is 0 Å². The summed E-state index contributed by atoms with van der Waals surface area (Å²) in [6.45, 7) is 1.58. The molecular weight excluding hydrogens is 237 g/mol. The fourth-order valence-corrected chi connectivity index (χ4v) is 1.23. The SMILES string of the molecule is Cc1cc(C=CC(=O)O)cc(OC(F)(F)F)c1. The van der Waals surface area contributed by atoms with Crippen molar-refractivity contribution in [1.29, 1.82) is 0 Å². The quantitative estimate of drug-likeness (QED) is 0.834. The molecule has 0 bridgehead atoms. The third-order valence-electron chi connectivity index (χ3n) is 1.73. The molecule has 92 valence electrons. The van der Waals surface area contributed by atoms with E-state index in [9.17, 15) is 18.0 Å². The summed E-state index contributed by atoms with van der Waals surface area (Å²) in [4.78, 5) is 10.3. The number of aryl methyl sites for hydroxylation is 1. The third-order valence-corrected chi connectivity index (χ3v) is 1.73. The van der Waals surface area contributed by atoms with E-state index in [0.717, 1.165) is 12.1 Å². The summed E-state index contributed by atoms with van der Waals surface area (Å²) >= 11 is 0. The predicted molar refractivity (Wildman–Crippen MR) is 54.5 cm³/mol. The Balaban J connectivity index is 2.98. The average molecular weight is 246 g/mol. The molecule has 0 aliphatic heterocycles. The number of aliphatic carboxylic acids is 1. The summed E-state index contributed by atoms with van der Waals surface area (Å²) < 4.78 is 39.7. The van der Waals surface area contributed by atoms with E-state index < -0.39 is 12.3 Å². The van der Waals surface area contributed by atoms with E-state index in [2.05, 4.69) is 4.74 Å². The Morgan fingerprint density at radius 1 is 1.35 bits per heavy atom. The molecule has 1 N–H and O–H groups in total. The molecule has 0 fully saturated rings. The molecule has 0 atom stereocenters. The minimum Gasteiger partial charge on any atom is -0.478 e. The maximum atomic E-state index is 12.0. The molecule has 6 heteroatoms. The zero-order chi connectivity index (χ0) is 13.1. The number of hydrogen-bond donors (Lipinski definition) is 1. The molecule has 17 heavy (non-hydrogen) atoms. The van der Waals surface area contributed by atoms with E-state index in [-0.39, 0.29) is 5.75 Å². The van der Waals surface area contributed by atoms with E-state index in [1.807, 2.05) is 0 Å². The van der Waals surface area contributed by atoms with Gasteiger partial charge in [0.25, 0.3) is 0 Å². The number of alkyl halides is 3. The smallest absolute Gasteiger partial charge is 0.478 e. The lowest BCUT2D eigenvalue weighted by atomic mass is 10.1. The highest BCUT2D eigenvalue weighted by molar-refractivity contribution is 5.85. The van der Waals surface area contributed by atoms with Crippen LogP contribution in [0.15, 0.2) is 24.3 Å². The molecule has 0 unspecified atom stereocenters. The second kappa shape index (κ2) is 4.90. The van der Waals surface area contributed by atoms with Crippen LogP contribution in [0.2, 0.25) is 0 Å². The topological polar surface area (TPSA) is 46.5 Å². The van der Waals surface area contributed by atoms with Gasteiger partial charge in [-0.1, -0.05) is 6.07 Å². The number of ether oxygens (including phenoxy) is 1. The number of carboxylic acid groups (broad SMARTS) is 1. The van der Waals surface area contributed by atoms with Crippen LogP contribution >= 0.6 is 0 Å². The van der Waals surface area contributed by atoms with Crippen molar-refractivity contribution >= 4 is 12.0 Å². The largest absolute Gasteiger partial charge is 0.573 e. The van der Waals surface area contributed by atoms with Crippen LogP contribution < -0.4 is 4.74 Å². The lowest BCUT2D eigenvalue weighted by molar-refractivity contribution is -0.274. The number of carboxylic acids is 1. The van der Waals surface area contributed by atoms with Gasteiger partial charge in [0.15, 0.2) is 0 Å². The fourth-order valence-electron chi connectivity index (χ4n) is 1.23. The van der Waals surface area contributed by atoms with Crippen LogP contribution in [0, 0.1) is 6.92 Å².